The van der Waals surface area contributed by atoms with Gasteiger partial charge in [-0.3, -0.25) is 4.79 Å². The Morgan fingerprint density at radius 2 is 2.40 bits per heavy atom. The van der Waals surface area contributed by atoms with Crippen molar-refractivity contribution in [3.05, 3.63) is 40.7 Å². The molecular formula is C13H12N6O. The van der Waals surface area contributed by atoms with Crippen molar-refractivity contribution in [2.75, 3.05) is 0 Å². The predicted molar refractivity (Wildman–Crippen MR) is 68.5 cm³/mol. The summed E-state index contributed by atoms with van der Waals surface area (Å²) < 4.78 is 0. The molecule has 20 heavy (non-hydrogen) atoms. The topological polar surface area (TPSA) is 96.5 Å². The summed E-state index contributed by atoms with van der Waals surface area (Å²) in [6.45, 7) is 0. The van der Waals surface area contributed by atoms with Gasteiger partial charge < -0.3 is 5.32 Å². The number of carbonyl (C=O) groups is 1. The summed E-state index contributed by atoms with van der Waals surface area (Å²) >= 11 is 0. The molecule has 1 atom stereocenters. The van der Waals surface area contributed by atoms with Crippen LogP contribution in [0.15, 0.2) is 18.2 Å². The van der Waals surface area contributed by atoms with Gasteiger partial charge in [0.05, 0.1) is 24.7 Å². The van der Waals surface area contributed by atoms with Crippen molar-refractivity contribution < 1.29 is 4.79 Å². The quantitative estimate of drug-likeness (QED) is 0.855. The molecule has 1 heterocycles. The van der Waals surface area contributed by atoms with E-state index in [0.29, 0.717) is 5.56 Å². The number of amides is 1. The highest BCUT2D eigenvalue weighted by molar-refractivity contribution is 5.90. The van der Waals surface area contributed by atoms with Crippen molar-refractivity contribution >= 4 is 5.91 Å². The van der Waals surface area contributed by atoms with E-state index in [2.05, 4.69) is 26.8 Å². The zero-order chi connectivity index (χ0) is 14.1. The Balaban J connectivity index is 1.79. The molecule has 7 heteroatoms. The van der Waals surface area contributed by atoms with Crippen LogP contribution in [0.2, 0.25) is 0 Å². The maximum Gasteiger partial charge on any atom is 0.293 e. The van der Waals surface area contributed by atoms with Gasteiger partial charge >= 0.3 is 0 Å². The fraction of sp³-hybridized carbons (Fsp3) is 0.308. The molecule has 3 rings (SSSR count). The molecule has 0 aliphatic heterocycles. The summed E-state index contributed by atoms with van der Waals surface area (Å²) in [6, 6.07) is 7.60. The molecule has 0 spiro atoms. The summed E-state index contributed by atoms with van der Waals surface area (Å²) in [6.07, 6.45) is 1.67. The van der Waals surface area contributed by atoms with Gasteiger partial charge in [-0.05, 0) is 41.3 Å². The van der Waals surface area contributed by atoms with E-state index in [1.165, 1.54) is 4.80 Å². The number of benzene rings is 1. The Labute approximate surface area is 115 Å². The summed E-state index contributed by atoms with van der Waals surface area (Å²) in [5, 5.41) is 23.0. The number of aryl methyl sites for hydroxylation is 2. The van der Waals surface area contributed by atoms with Crippen LogP contribution in [-0.2, 0) is 13.5 Å². The maximum absolute atomic E-state index is 12.0. The Morgan fingerprint density at radius 3 is 3.10 bits per heavy atom. The molecule has 100 valence electrons. The van der Waals surface area contributed by atoms with Crippen LogP contribution >= 0.6 is 0 Å². The van der Waals surface area contributed by atoms with Crippen molar-refractivity contribution in [3.8, 4) is 6.07 Å². The SMILES string of the molecule is Cn1nnc(C(=O)NC2CCc3cc(C#N)ccc32)n1. The van der Waals surface area contributed by atoms with Gasteiger partial charge in [-0.25, -0.2) is 0 Å². The smallest absolute Gasteiger partial charge is 0.293 e. The Morgan fingerprint density at radius 1 is 1.55 bits per heavy atom. The van der Waals surface area contributed by atoms with Crippen molar-refractivity contribution in [2.45, 2.75) is 18.9 Å². The maximum atomic E-state index is 12.0. The molecule has 0 fully saturated rings. The normalized spacial score (nSPS) is 16.5. The fourth-order valence-corrected chi connectivity index (χ4v) is 2.43. The number of rotatable bonds is 2. The van der Waals surface area contributed by atoms with Crippen molar-refractivity contribution in [2.24, 2.45) is 7.05 Å². The highest BCUT2D eigenvalue weighted by Gasteiger charge is 2.25. The molecule has 0 radical (unpaired) electrons. The number of nitriles is 1. The standard InChI is InChI=1S/C13H12N6O/c1-19-17-12(16-18-19)13(20)15-11-5-3-9-6-8(7-14)2-4-10(9)11/h2,4,6,11H,3,5H2,1H3,(H,15,20). The van der Waals surface area contributed by atoms with Crippen LogP contribution in [0.5, 0.6) is 0 Å². The van der Waals surface area contributed by atoms with Crippen LogP contribution in [0.3, 0.4) is 0 Å². The van der Waals surface area contributed by atoms with Crippen LogP contribution in [0.25, 0.3) is 0 Å². The first-order valence-electron chi connectivity index (χ1n) is 6.25. The molecule has 1 aliphatic rings. The number of aromatic nitrogens is 4. The molecular weight excluding hydrogens is 256 g/mol. The second-order valence-corrected chi connectivity index (χ2v) is 4.69. The Hall–Kier alpha value is -2.75. The molecule has 7 nitrogen and oxygen atoms in total. The van der Waals surface area contributed by atoms with E-state index < -0.39 is 0 Å². The molecule has 0 bridgehead atoms. The zero-order valence-corrected chi connectivity index (χ0v) is 10.9. The zero-order valence-electron chi connectivity index (χ0n) is 10.9. The van der Waals surface area contributed by atoms with Crippen LogP contribution in [0, 0.1) is 11.3 Å². The van der Waals surface area contributed by atoms with E-state index >= 15 is 0 Å². The van der Waals surface area contributed by atoms with E-state index in [1.807, 2.05) is 12.1 Å². The molecule has 1 aliphatic carbocycles. The summed E-state index contributed by atoms with van der Waals surface area (Å²) in [7, 11) is 1.61. The predicted octanol–water partition coefficient (Wildman–Crippen LogP) is 0.499. The average molecular weight is 268 g/mol. The summed E-state index contributed by atoms with van der Waals surface area (Å²) in [4.78, 5) is 13.3. The van der Waals surface area contributed by atoms with Crippen LogP contribution in [-0.4, -0.2) is 26.1 Å². The lowest BCUT2D eigenvalue weighted by molar-refractivity contribution is 0.0926. The lowest BCUT2D eigenvalue weighted by atomic mass is 10.1. The second-order valence-electron chi connectivity index (χ2n) is 4.69. The third kappa shape index (κ3) is 2.12. The van der Waals surface area contributed by atoms with E-state index in [9.17, 15) is 4.79 Å². The van der Waals surface area contributed by atoms with Gasteiger partial charge in [0.25, 0.3) is 11.7 Å². The highest BCUT2D eigenvalue weighted by Crippen LogP contribution is 2.31. The van der Waals surface area contributed by atoms with E-state index in [0.717, 1.165) is 24.0 Å². The van der Waals surface area contributed by atoms with E-state index in [4.69, 9.17) is 5.26 Å². The van der Waals surface area contributed by atoms with Gasteiger partial charge in [-0.1, -0.05) is 6.07 Å². The molecule has 0 saturated heterocycles. The number of tetrazole rings is 1. The van der Waals surface area contributed by atoms with Gasteiger partial charge in [0.2, 0.25) is 0 Å². The minimum atomic E-state index is -0.333. The lowest BCUT2D eigenvalue weighted by Crippen LogP contribution is -2.28. The van der Waals surface area contributed by atoms with Crippen LogP contribution in [0.4, 0.5) is 0 Å². The number of nitrogens with one attached hydrogen (secondary N) is 1. The monoisotopic (exact) mass is 268 g/mol. The first-order chi connectivity index (χ1) is 9.67. The second kappa shape index (κ2) is 4.74. The minimum Gasteiger partial charge on any atom is -0.342 e. The van der Waals surface area contributed by atoms with Gasteiger partial charge in [-0.15, -0.1) is 10.2 Å². The molecule has 2 aromatic rings. The number of fused-ring (bicyclic) bond motifs is 1. The Bertz CT molecular complexity index is 714. The third-order valence-corrected chi connectivity index (χ3v) is 3.37. The molecule has 1 aromatic heterocycles. The van der Waals surface area contributed by atoms with Crippen molar-refractivity contribution in [3.63, 3.8) is 0 Å². The third-order valence-electron chi connectivity index (χ3n) is 3.37. The number of carbonyl (C=O) groups excluding carboxylic acids is 1. The largest absolute Gasteiger partial charge is 0.342 e. The van der Waals surface area contributed by atoms with E-state index in [1.54, 1.807) is 13.1 Å². The van der Waals surface area contributed by atoms with Crippen LogP contribution in [0.1, 0.15) is 39.8 Å². The van der Waals surface area contributed by atoms with Gasteiger partial charge in [-0.2, -0.15) is 10.1 Å². The summed E-state index contributed by atoms with van der Waals surface area (Å²) in [5.74, 6) is -0.269. The molecule has 1 amide bonds. The summed E-state index contributed by atoms with van der Waals surface area (Å²) in [5.41, 5.74) is 2.81. The Kier molecular flexibility index (Phi) is 2.91. The highest BCUT2D eigenvalue weighted by atomic mass is 16.2. The van der Waals surface area contributed by atoms with E-state index in [-0.39, 0.29) is 17.8 Å². The van der Waals surface area contributed by atoms with Crippen LogP contribution < -0.4 is 5.32 Å². The molecule has 1 unspecified atom stereocenters. The van der Waals surface area contributed by atoms with Crippen molar-refractivity contribution in [1.82, 2.24) is 25.5 Å². The minimum absolute atomic E-state index is 0.0611. The van der Waals surface area contributed by atoms with Crippen molar-refractivity contribution in [1.29, 1.82) is 5.26 Å². The first kappa shape index (κ1) is 12.3. The molecule has 1 N–H and O–H groups in total. The number of hydrogen-bond donors (Lipinski definition) is 1. The lowest BCUT2D eigenvalue weighted by Gasteiger charge is -2.12. The van der Waals surface area contributed by atoms with Gasteiger partial charge in [0, 0.05) is 0 Å². The average Bonchev–Trinajstić information content (AvgIpc) is 3.05. The fourth-order valence-electron chi connectivity index (χ4n) is 2.43. The first-order valence-corrected chi connectivity index (χ1v) is 6.25. The van der Waals surface area contributed by atoms with Gasteiger partial charge in [0.15, 0.2) is 0 Å². The number of hydrogen-bond acceptors (Lipinski definition) is 5. The molecule has 0 saturated carbocycles. The molecule has 1 aromatic carbocycles. The van der Waals surface area contributed by atoms with Gasteiger partial charge in [0.1, 0.15) is 0 Å². The number of nitrogens with zero attached hydrogens (tertiary/aromatic N) is 5.